The second kappa shape index (κ2) is 24.2. The van der Waals surface area contributed by atoms with Crippen LogP contribution in [-0.2, 0) is 23.9 Å². The number of carbonyl (C=O) groups excluding carboxylic acids is 3. The highest BCUT2D eigenvalue weighted by Gasteiger charge is 2.34. The summed E-state index contributed by atoms with van der Waals surface area (Å²) < 4.78 is 22.6. The number of carbonyl (C=O) groups is 4. The first-order valence-electron chi connectivity index (χ1n) is 16.3. The fourth-order valence-electron chi connectivity index (χ4n) is 3.78. The third-order valence-corrected chi connectivity index (χ3v) is 7.07. The zero-order chi connectivity index (χ0) is 37.6. The molecule has 0 spiro atoms. The Labute approximate surface area is 295 Å². The number of aliphatic carboxylic acids is 1. The molecule has 1 aliphatic carbocycles. The summed E-state index contributed by atoms with van der Waals surface area (Å²) in [7, 11) is 1.61. The van der Waals surface area contributed by atoms with Crippen LogP contribution in [0.15, 0.2) is 66.1 Å². The predicted octanol–water partition coefficient (Wildman–Crippen LogP) is 6.80. The molecular weight excluding hydrogens is 655 g/mol. The second-order valence-corrected chi connectivity index (χ2v) is 12.9. The third kappa shape index (κ3) is 21.6. The quantitative estimate of drug-likeness (QED) is 0.115. The number of nitrogens with one attached hydrogen (secondary N) is 2. The fraction of sp³-hybridized carbons (Fsp3) is 0.514. The first kappa shape index (κ1) is 45.0. The van der Waals surface area contributed by atoms with Crippen LogP contribution in [0.3, 0.4) is 0 Å². The largest absolute Gasteiger partial charge is 0.495 e. The Morgan fingerprint density at radius 1 is 1.12 bits per heavy atom. The normalized spacial score (nSPS) is 13.7. The monoisotopic (exact) mass is 708 g/mol. The maximum Gasteiger partial charge on any atom is 0.345 e. The van der Waals surface area contributed by atoms with Crippen molar-refractivity contribution in [2.75, 3.05) is 20.2 Å². The van der Waals surface area contributed by atoms with E-state index in [0.29, 0.717) is 24.3 Å². The Hall–Kier alpha value is -3.96. The highest BCUT2D eigenvalue weighted by Crippen LogP contribution is 2.24. The van der Waals surface area contributed by atoms with E-state index in [1.807, 2.05) is 57.2 Å². The van der Waals surface area contributed by atoms with Crippen LogP contribution in [0.4, 0.5) is 4.39 Å². The lowest BCUT2D eigenvalue weighted by Gasteiger charge is -2.25. The average Bonchev–Trinajstić information content (AvgIpc) is 3.24. The molecular formula is C37H54ClFN2O8. The Balaban J connectivity index is 0.000000918. The van der Waals surface area contributed by atoms with Crippen molar-refractivity contribution < 1.29 is 43.3 Å². The van der Waals surface area contributed by atoms with Crippen LogP contribution in [0, 0.1) is 18.3 Å². The highest BCUT2D eigenvalue weighted by molar-refractivity contribution is 6.32. The summed E-state index contributed by atoms with van der Waals surface area (Å²) in [5, 5.41) is 23.9. The number of carboxylic acid groups (broad SMARTS) is 1. The molecule has 12 heteroatoms. The number of amides is 2. The van der Waals surface area contributed by atoms with Crippen molar-refractivity contribution in [1.82, 2.24) is 10.6 Å². The van der Waals surface area contributed by atoms with Gasteiger partial charge in [-0.25, -0.2) is 9.18 Å². The van der Waals surface area contributed by atoms with Crippen LogP contribution in [0.25, 0.3) is 0 Å². The first-order valence-corrected chi connectivity index (χ1v) is 16.6. The molecule has 1 aromatic carbocycles. The number of allylic oxidation sites excluding steroid dienone is 7. The Kier molecular flexibility index (Phi) is 22.3. The number of carboxylic acids is 1. The Bertz CT molecular complexity index is 1340. The number of aliphatic hydroxyl groups excluding tert-OH is 1. The number of aliphatic hydroxyl groups is 1. The zero-order valence-corrected chi connectivity index (χ0v) is 30.7. The summed E-state index contributed by atoms with van der Waals surface area (Å²) in [4.78, 5) is 47.0. The molecule has 0 aliphatic heterocycles. The van der Waals surface area contributed by atoms with E-state index in [2.05, 4.69) is 17.6 Å². The van der Waals surface area contributed by atoms with Gasteiger partial charge in [0.25, 0.3) is 0 Å². The summed E-state index contributed by atoms with van der Waals surface area (Å²) in [6.45, 7) is 12.1. The molecule has 0 fully saturated rings. The van der Waals surface area contributed by atoms with Gasteiger partial charge in [-0.3, -0.25) is 14.4 Å². The Morgan fingerprint density at radius 2 is 1.80 bits per heavy atom. The van der Waals surface area contributed by atoms with Crippen molar-refractivity contribution in [3.8, 4) is 5.75 Å². The lowest BCUT2D eigenvalue weighted by Crippen LogP contribution is -2.45. The SMILES string of the molecule is CC(C)CC(OC(=O)C(C)(C)CNC(=O)CNC(=O)/C=C/CCC(C)O)C(=O)O.CCC1=CC=C(F)CC=C1.COc1ccc(C)cc1Cl. The molecule has 2 rings (SSSR count). The third-order valence-electron chi connectivity index (χ3n) is 6.77. The summed E-state index contributed by atoms with van der Waals surface area (Å²) in [6, 6.07) is 5.70. The van der Waals surface area contributed by atoms with Crippen molar-refractivity contribution in [2.24, 2.45) is 11.3 Å². The van der Waals surface area contributed by atoms with Crippen molar-refractivity contribution in [3.63, 3.8) is 0 Å². The fourth-order valence-corrected chi connectivity index (χ4v) is 4.09. The van der Waals surface area contributed by atoms with E-state index in [1.54, 1.807) is 26.2 Å². The van der Waals surface area contributed by atoms with E-state index in [-0.39, 0.29) is 31.3 Å². The molecule has 274 valence electrons. The number of benzene rings is 1. The van der Waals surface area contributed by atoms with E-state index in [1.165, 1.54) is 25.5 Å². The van der Waals surface area contributed by atoms with E-state index >= 15 is 0 Å². The van der Waals surface area contributed by atoms with Crippen LogP contribution in [0.2, 0.25) is 5.02 Å². The van der Waals surface area contributed by atoms with Crippen molar-refractivity contribution in [2.45, 2.75) is 92.8 Å². The van der Waals surface area contributed by atoms with E-state index in [9.17, 15) is 28.7 Å². The number of rotatable bonds is 15. The van der Waals surface area contributed by atoms with E-state index < -0.39 is 41.4 Å². The number of hydrogen-bond donors (Lipinski definition) is 4. The molecule has 1 aliphatic rings. The van der Waals surface area contributed by atoms with Gasteiger partial charge in [-0.05, 0) is 94.7 Å². The first-order chi connectivity index (χ1) is 22.9. The topological polar surface area (TPSA) is 151 Å². The van der Waals surface area contributed by atoms with Gasteiger partial charge in [-0.15, -0.1) is 0 Å². The van der Waals surface area contributed by atoms with E-state index in [0.717, 1.165) is 17.7 Å². The molecule has 4 N–H and O–H groups in total. The molecule has 0 radical (unpaired) electrons. The maximum atomic E-state index is 12.5. The summed E-state index contributed by atoms with van der Waals surface area (Å²) in [6.07, 6.45) is 11.1. The minimum Gasteiger partial charge on any atom is -0.495 e. The minimum absolute atomic E-state index is 0.0383. The number of aryl methyl sites for hydroxylation is 1. The van der Waals surface area contributed by atoms with Gasteiger partial charge in [-0.2, -0.15) is 0 Å². The van der Waals surface area contributed by atoms with Gasteiger partial charge in [-0.1, -0.05) is 62.7 Å². The van der Waals surface area contributed by atoms with Crippen LogP contribution < -0.4 is 15.4 Å². The van der Waals surface area contributed by atoms with Gasteiger partial charge in [0.15, 0.2) is 6.10 Å². The molecule has 0 heterocycles. The summed E-state index contributed by atoms with van der Waals surface area (Å²) in [5.41, 5.74) is 1.20. The van der Waals surface area contributed by atoms with Gasteiger partial charge in [0.05, 0.1) is 30.2 Å². The number of hydrogen-bond acceptors (Lipinski definition) is 7. The molecule has 2 amide bonds. The number of esters is 1. The minimum atomic E-state index is -1.24. The van der Waals surface area contributed by atoms with Crippen molar-refractivity contribution in [1.29, 1.82) is 0 Å². The predicted molar refractivity (Wildman–Crippen MR) is 191 cm³/mol. The van der Waals surface area contributed by atoms with Crippen molar-refractivity contribution >= 4 is 35.4 Å². The maximum absolute atomic E-state index is 12.5. The zero-order valence-electron chi connectivity index (χ0n) is 30.0. The van der Waals surface area contributed by atoms with E-state index in [4.69, 9.17) is 26.2 Å². The molecule has 1 aromatic rings. The molecule has 49 heavy (non-hydrogen) atoms. The van der Waals surface area contributed by atoms with Crippen LogP contribution in [-0.4, -0.2) is 66.4 Å². The number of ether oxygens (including phenoxy) is 2. The van der Waals surface area contributed by atoms with Gasteiger partial charge < -0.3 is 30.3 Å². The molecule has 0 saturated carbocycles. The molecule has 0 aromatic heterocycles. The molecule has 2 unspecified atom stereocenters. The smallest absolute Gasteiger partial charge is 0.345 e. The standard InChI is InChI=1S/C20H34N2O7.C9H11F.C8H9ClO/c1-13(2)10-15(18(26)27)29-19(28)20(4,5)12-22-17(25)11-21-16(24)9-7-6-8-14(3)23;1-2-8-4-3-5-9(10)7-6-8;1-6-3-4-8(10-2)7(9)5-6/h7,9,13-15,23H,6,8,10-12H2,1-5H3,(H,21,24)(H,22,25)(H,26,27);3-4,6-7H,2,5H2,1H3;3-5H,1-2H3/b9-7+;;. The number of methoxy groups -OCH3 is 1. The van der Waals surface area contributed by atoms with Crippen LogP contribution in [0.5, 0.6) is 5.75 Å². The Morgan fingerprint density at radius 3 is 2.35 bits per heavy atom. The highest BCUT2D eigenvalue weighted by atomic mass is 35.5. The van der Waals surface area contributed by atoms with Crippen molar-refractivity contribution in [3.05, 3.63) is 76.6 Å². The lowest BCUT2D eigenvalue weighted by atomic mass is 9.93. The van der Waals surface area contributed by atoms with Gasteiger partial charge >= 0.3 is 11.9 Å². The van der Waals surface area contributed by atoms with Gasteiger partial charge in [0.1, 0.15) is 11.6 Å². The van der Waals surface area contributed by atoms with Gasteiger partial charge in [0, 0.05) is 13.0 Å². The number of halogens is 2. The van der Waals surface area contributed by atoms with Crippen LogP contribution in [0.1, 0.15) is 79.2 Å². The summed E-state index contributed by atoms with van der Waals surface area (Å²) in [5.74, 6) is -2.16. The lowest BCUT2D eigenvalue weighted by molar-refractivity contribution is -0.171. The second-order valence-electron chi connectivity index (χ2n) is 12.5. The summed E-state index contributed by atoms with van der Waals surface area (Å²) >= 11 is 5.80. The molecule has 10 nitrogen and oxygen atoms in total. The average molecular weight is 709 g/mol. The van der Waals surface area contributed by atoms with Gasteiger partial charge in [0.2, 0.25) is 11.8 Å². The molecule has 0 saturated heterocycles. The molecule has 2 atom stereocenters. The molecule has 0 bridgehead atoms. The van der Waals surface area contributed by atoms with Crippen LogP contribution >= 0.6 is 11.6 Å².